The highest BCUT2D eigenvalue weighted by atomic mass is 32.2. The van der Waals surface area contributed by atoms with Crippen LogP contribution in [0.25, 0.3) is 0 Å². The normalized spacial score (nSPS) is 14.6. The highest BCUT2D eigenvalue weighted by molar-refractivity contribution is 7.89. The van der Waals surface area contributed by atoms with Crippen molar-refractivity contribution in [2.45, 2.75) is 36.8 Å². The molecule has 0 aromatic heterocycles. The molecule has 118 valence electrons. The number of benzene rings is 1. The predicted octanol–water partition coefficient (Wildman–Crippen LogP) is 0.395. The minimum atomic E-state index is -4.13. The Balaban J connectivity index is 2.98. The zero-order valence-electron chi connectivity index (χ0n) is 11.5. The van der Waals surface area contributed by atoms with Gasteiger partial charge in [-0.25, -0.2) is 13.1 Å². The number of aliphatic hydroxyl groups is 2. The third-order valence-corrected chi connectivity index (χ3v) is 4.39. The Morgan fingerprint density at radius 2 is 1.95 bits per heavy atom. The second kappa shape index (κ2) is 7.46. The quantitative estimate of drug-likeness (QED) is 0.470. The number of para-hydroxylation sites is 1. The molecule has 0 radical (unpaired) electrons. The van der Waals surface area contributed by atoms with Crippen molar-refractivity contribution in [2.24, 2.45) is 0 Å². The summed E-state index contributed by atoms with van der Waals surface area (Å²) in [6.07, 6.45) is -0.117. The van der Waals surface area contributed by atoms with Crippen molar-refractivity contribution in [3.05, 3.63) is 34.4 Å². The fourth-order valence-electron chi connectivity index (χ4n) is 1.75. The minimum absolute atomic E-state index is 0.216. The molecule has 1 rings (SSSR count). The van der Waals surface area contributed by atoms with Gasteiger partial charge in [-0.2, -0.15) is 0 Å². The Bertz CT molecular complexity index is 587. The lowest BCUT2D eigenvalue weighted by atomic mass is 10.1. The van der Waals surface area contributed by atoms with Crippen molar-refractivity contribution in [1.29, 1.82) is 0 Å². The minimum Gasteiger partial charge on any atom is -0.395 e. The van der Waals surface area contributed by atoms with Crippen LogP contribution in [0, 0.1) is 10.1 Å². The molecule has 1 aromatic carbocycles. The van der Waals surface area contributed by atoms with Gasteiger partial charge in [0.05, 0.1) is 17.6 Å². The van der Waals surface area contributed by atoms with E-state index in [4.69, 9.17) is 0 Å². The number of nitro groups is 1. The summed E-state index contributed by atoms with van der Waals surface area (Å²) in [7, 11) is -4.13. The molecule has 0 saturated carbocycles. The van der Waals surface area contributed by atoms with Crippen LogP contribution in [-0.2, 0) is 10.0 Å². The van der Waals surface area contributed by atoms with E-state index in [0.717, 1.165) is 12.1 Å². The molecule has 0 saturated heterocycles. The Labute approximate surface area is 122 Å². The van der Waals surface area contributed by atoms with Crippen LogP contribution in [0.3, 0.4) is 0 Å². The van der Waals surface area contributed by atoms with Crippen LogP contribution < -0.4 is 4.72 Å². The molecule has 0 amide bonds. The van der Waals surface area contributed by atoms with Crippen LogP contribution in [0.1, 0.15) is 19.8 Å². The van der Waals surface area contributed by atoms with Gasteiger partial charge < -0.3 is 10.2 Å². The third-order valence-electron chi connectivity index (χ3n) is 2.83. The number of aliphatic hydroxyl groups excluding tert-OH is 2. The lowest BCUT2D eigenvalue weighted by Gasteiger charge is -2.17. The second-order valence-corrected chi connectivity index (χ2v) is 6.33. The van der Waals surface area contributed by atoms with Gasteiger partial charge in [-0.05, 0) is 25.8 Å². The van der Waals surface area contributed by atoms with Crippen molar-refractivity contribution in [1.82, 2.24) is 4.72 Å². The lowest BCUT2D eigenvalue weighted by molar-refractivity contribution is -0.387. The molecule has 0 aliphatic carbocycles. The average molecular weight is 318 g/mol. The zero-order valence-corrected chi connectivity index (χ0v) is 12.3. The van der Waals surface area contributed by atoms with E-state index in [1.165, 1.54) is 12.1 Å². The Hall–Kier alpha value is -1.55. The Kier molecular flexibility index (Phi) is 6.21. The summed E-state index contributed by atoms with van der Waals surface area (Å²) in [5.74, 6) is 0. The number of nitrogens with one attached hydrogen (secondary N) is 1. The summed E-state index contributed by atoms with van der Waals surface area (Å²) in [6.45, 7) is 1.08. The maximum atomic E-state index is 12.2. The van der Waals surface area contributed by atoms with E-state index in [9.17, 15) is 28.7 Å². The van der Waals surface area contributed by atoms with E-state index in [2.05, 4.69) is 4.72 Å². The molecule has 0 fully saturated rings. The number of sulfonamides is 1. The van der Waals surface area contributed by atoms with Crippen LogP contribution in [0.2, 0.25) is 0 Å². The van der Waals surface area contributed by atoms with Crippen LogP contribution in [0.5, 0.6) is 0 Å². The molecular formula is C12H18N2O6S. The summed E-state index contributed by atoms with van der Waals surface area (Å²) in [4.78, 5) is 9.64. The second-order valence-electron chi connectivity index (χ2n) is 4.65. The fourth-order valence-corrected chi connectivity index (χ4v) is 3.18. The van der Waals surface area contributed by atoms with Crippen molar-refractivity contribution >= 4 is 15.7 Å². The molecule has 8 nitrogen and oxygen atoms in total. The molecule has 0 unspecified atom stereocenters. The topological polar surface area (TPSA) is 130 Å². The van der Waals surface area contributed by atoms with Crippen LogP contribution in [-0.4, -0.2) is 42.3 Å². The summed E-state index contributed by atoms with van der Waals surface area (Å²) in [5, 5.41) is 29.2. The van der Waals surface area contributed by atoms with Gasteiger partial charge in [-0.3, -0.25) is 10.1 Å². The Morgan fingerprint density at radius 3 is 2.48 bits per heavy atom. The van der Waals surface area contributed by atoms with Gasteiger partial charge in [-0.1, -0.05) is 12.1 Å². The molecule has 2 atom stereocenters. The van der Waals surface area contributed by atoms with Gasteiger partial charge in [0.25, 0.3) is 5.69 Å². The summed E-state index contributed by atoms with van der Waals surface area (Å²) < 4.78 is 26.6. The zero-order chi connectivity index (χ0) is 16.0. The first-order chi connectivity index (χ1) is 9.77. The van der Waals surface area contributed by atoms with Crippen molar-refractivity contribution in [3.63, 3.8) is 0 Å². The van der Waals surface area contributed by atoms with E-state index in [-0.39, 0.29) is 6.42 Å². The molecule has 0 spiro atoms. The van der Waals surface area contributed by atoms with Gasteiger partial charge in [0.1, 0.15) is 0 Å². The van der Waals surface area contributed by atoms with Gasteiger partial charge in [0.15, 0.2) is 4.90 Å². The predicted molar refractivity (Wildman–Crippen MR) is 75.2 cm³/mol. The highest BCUT2D eigenvalue weighted by Crippen LogP contribution is 2.23. The van der Waals surface area contributed by atoms with Gasteiger partial charge >= 0.3 is 0 Å². The molecule has 21 heavy (non-hydrogen) atoms. The van der Waals surface area contributed by atoms with Crippen molar-refractivity contribution < 1.29 is 23.6 Å². The lowest BCUT2D eigenvalue weighted by Crippen LogP contribution is -2.38. The number of hydrogen-bond donors (Lipinski definition) is 3. The van der Waals surface area contributed by atoms with Gasteiger partial charge in [-0.15, -0.1) is 0 Å². The number of hydrogen-bond acceptors (Lipinski definition) is 6. The van der Waals surface area contributed by atoms with Crippen molar-refractivity contribution in [2.75, 3.05) is 6.61 Å². The van der Waals surface area contributed by atoms with Crippen molar-refractivity contribution in [3.8, 4) is 0 Å². The smallest absolute Gasteiger partial charge is 0.289 e. The van der Waals surface area contributed by atoms with Crippen LogP contribution >= 0.6 is 0 Å². The fraction of sp³-hybridized carbons (Fsp3) is 0.500. The molecule has 0 aliphatic heterocycles. The summed E-state index contributed by atoms with van der Waals surface area (Å²) in [6, 6.07) is 4.16. The monoisotopic (exact) mass is 318 g/mol. The van der Waals surface area contributed by atoms with Gasteiger partial charge in [0.2, 0.25) is 10.0 Å². The maximum absolute atomic E-state index is 12.2. The van der Waals surface area contributed by atoms with E-state index < -0.39 is 44.3 Å². The van der Waals surface area contributed by atoms with E-state index in [1.54, 1.807) is 6.92 Å². The number of nitro benzene ring substituents is 1. The number of nitrogens with zero attached hydrogens (tertiary/aromatic N) is 1. The molecule has 0 bridgehead atoms. The van der Waals surface area contributed by atoms with Crippen LogP contribution in [0.4, 0.5) is 5.69 Å². The maximum Gasteiger partial charge on any atom is 0.289 e. The molecule has 3 N–H and O–H groups in total. The molecule has 0 aliphatic rings. The molecule has 9 heteroatoms. The highest BCUT2D eigenvalue weighted by Gasteiger charge is 2.27. The van der Waals surface area contributed by atoms with E-state index >= 15 is 0 Å². The molecule has 1 aromatic rings. The Morgan fingerprint density at radius 1 is 1.33 bits per heavy atom. The summed E-state index contributed by atoms with van der Waals surface area (Å²) >= 11 is 0. The number of rotatable bonds is 8. The third kappa shape index (κ3) is 5.05. The van der Waals surface area contributed by atoms with E-state index in [1.807, 2.05) is 0 Å². The van der Waals surface area contributed by atoms with E-state index in [0.29, 0.717) is 6.42 Å². The summed E-state index contributed by atoms with van der Waals surface area (Å²) in [5.41, 5.74) is -0.530. The van der Waals surface area contributed by atoms with Crippen LogP contribution in [0.15, 0.2) is 29.2 Å². The van der Waals surface area contributed by atoms with Gasteiger partial charge in [0, 0.05) is 12.1 Å². The SMILES string of the molecule is C[C@@H](O)CC[C@H](CO)NS(=O)(=O)c1ccccc1[N+](=O)[O-]. The first-order valence-corrected chi connectivity index (χ1v) is 7.81. The average Bonchev–Trinajstić information content (AvgIpc) is 2.43. The molecule has 0 heterocycles. The largest absolute Gasteiger partial charge is 0.395 e. The standard InChI is InChI=1S/C12H18N2O6S/c1-9(16)6-7-10(8-15)13-21(19,20)12-5-3-2-4-11(12)14(17)18/h2-5,9-10,13,15-16H,6-8H2,1H3/t9-,10-/m1/s1. The first-order valence-electron chi connectivity index (χ1n) is 6.32. The molecular weight excluding hydrogens is 300 g/mol. The first kappa shape index (κ1) is 17.5.